The monoisotopic (exact) mass is 253 g/mol. The molecular formula is C17H17O2-. The lowest BCUT2D eigenvalue weighted by Gasteiger charge is -2.01. The Morgan fingerprint density at radius 3 is 2.68 bits per heavy atom. The van der Waals surface area contributed by atoms with E-state index in [4.69, 9.17) is 0 Å². The van der Waals surface area contributed by atoms with Crippen LogP contribution >= 0.6 is 0 Å². The molecule has 0 aliphatic rings. The van der Waals surface area contributed by atoms with Crippen LogP contribution in [0.5, 0.6) is 0 Å². The maximum atomic E-state index is 10.3. The molecule has 0 saturated heterocycles. The zero-order chi connectivity index (χ0) is 13.7. The molecule has 0 amide bonds. The van der Waals surface area contributed by atoms with Crippen molar-refractivity contribution in [2.75, 3.05) is 0 Å². The van der Waals surface area contributed by atoms with Gasteiger partial charge in [0, 0.05) is 5.97 Å². The zero-order valence-corrected chi connectivity index (χ0v) is 11.1. The smallest absolute Gasteiger partial charge is 0.0414 e. The molecule has 0 radical (unpaired) electrons. The average molecular weight is 253 g/mol. The van der Waals surface area contributed by atoms with E-state index in [1.807, 2.05) is 12.2 Å². The molecule has 0 N–H and O–H groups in total. The summed E-state index contributed by atoms with van der Waals surface area (Å²) in [5.74, 6) is -0.977. The molecule has 0 unspecified atom stereocenters. The van der Waals surface area contributed by atoms with Crippen LogP contribution in [0.3, 0.4) is 0 Å². The first kappa shape index (κ1) is 13.3. The number of carboxylic acids is 1. The van der Waals surface area contributed by atoms with Gasteiger partial charge in [0.2, 0.25) is 0 Å². The van der Waals surface area contributed by atoms with E-state index in [1.165, 1.54) is 16.3 Å². The molecule has 98 valence electrons. The first-order valence-electron chi connectivity index (χ1n) is 6.52. The van der Waals surface area contributed by atoms with Crippen LogP contribution in [0.1, 0.15) is 30.4 Å². The van der Waals surface area contributed by atoms with Crippen molar-refractivity contribution in [1.29, 1.82) is 0 Å². The highest BCUT2D eigenvalue weighted by molar-refractivity contribution is 5.85. The highest BCUT2D eigenvalue weighted by Gasteiger charge is 1.94. The second-order valence-electron chi connectivity index (χ2n) is 4.78. The highest BCUT2D eigenvalue weighted by Crippen LogP contribution is 2.18. The van der Waals surface area contributed by atoms with Crippen molar-refractivity contribution in [2.24, 2.45) is 0 Å². The Balaban J connectivity index is 2.03. The van der Waals surface area contributed by atoms with Crippen molar-refractivity contribution in [3.05, 3.63) is 53.6 Å². The molecule has 0 fully saturated rings. The summed E-state index contributed by atoms with van der Waals surface area (Å²) in [6.07, 6.45) is 5.57. The van der Waals surface area contributed by atoms with Crippen LogP contribution in [0.15, 0.2) is 42.5 Å². The van der Waals surface area contributed by atoms with Gasteiger partial charge in [-0.3, -0.25) is 0 Å². The molecule has 0 bridgehead atoms. The van der Waals surface area contributed by atoms with Gasteiger partial charge < -0.3 is 9.90 Å². The molecule has 0 saturated carbocycles. The lowest BCUT2D eigenvalue weighted by molar-refractivity contribution is -0.305. The van der Waals surface area contributed by atoms with Crippen molar-refractivity contribution >= 4 is 22.8 Å². The minimum atomic E-state index is -0.977. The Morgan fingerprint density at radius 1 is 1.16 bits per heavy atom. The minimum Gasteiger partial charge on any atom is -0.550 e. The Morgan fingerprint density at radius 2 is 1.89 bits per heavy atom. The van der Waals surface area contributed by atoms with E-state index in [-0.39, 0.29) is 6.42 Å². The van der Waals surface area contributed by atoms with Crippen LogP contribution in [0.4, 0.5) is 0 Å². The number of hydrogen-bond donors (Lipinski definition) is 0. The second kappa shape index (κ2) is 6.19. The van der Waals surface area contributed by atoms with Gasteiger partial charge in [0.15, 0.2) is 0 Å². The maximum Gasteiger partial charge on any atom is 0.0414 e. The summed E-state index contributed by atoms with van der Waals surface area (Å²) in [7, 11) is 0. The van der Waals surface area contributed by atoms with E-state index in [0.717, 1.165) is 12.0 Å². The fraction of sp³-hybridized carbons (Fsp3) is 0.235. The van der Waals surface area contributed by atoms with Crippen LogP contribution in [-0.2, 0) is 4.79 Å². The third-order valence-electron chi connectivity index (χ3n) is 3.08. The maximum absolute atomic E-state index is 10.3. The summed E-state index contributed by atoms with van der Waals surface area (Å²) in [6, 6.07) is 12.7. The van der Waals surface area contributed by atoms with Crippen molar-refractivity contribution in [3.8, 4) is 0 Å². The van der Waals surface area contributed by atoms with E-state index in [0.29, 0.717) is 6.42 Å². The summed E-state index contributed by atoms with van der Waals surface area (Å²) in [4.78, 5) is 10.3. The van der Waals surface area contributed by atoms with Gasteiger partial charge in [-0.25, -0.2) is 0 Å². The lowest BCUT2D eigenvalue weighted by Crippen LogP contribution is -2.21. The van der Waals surface area contributed by atoms with Crippen LogP contribution in [0.2, 0.25) is 0 Å². The minimum absolute atomic E-state index is 0.126. The zero-order valence-electron chi connectivity index (χ0n) is 11.1. The summed E-state index contributed by atoms with van der Waals surface area (Å²) in [5, 5.41) is 12.7. The molecular weight excluding hydrogens is 236 g/mol. The molecule has 0 heterocycles. The Bertz CT molecular complexity index is 612. The standard InChI is InChI=1S/C17H18O2/c1-13-7-9-16-12-14(8-10-15(16)11-13)5-3-2-4-6-17(18)19/h3,5,7-12H,2,4,6H2,1H3,(H,18,19)/p-1/b5-3+. The van der Waals surface area contributed by atoms with Crippen LogP contribution in [-0.4, -0.2) is 5.97 Å². The third-order valence-corrected chi connectivity index (χ3v) is 3.08. The normalized spacial score (nSPS) is 11.2. The van der Waals surface area contributed by atoms with Gasteiger partial charge in [-0.2, -0.15) is 0 Å². The first-order valence-corrected chi connectivity index (χ1v) is 6.52. The van der Waals surface area contributed by atoms with Crippen LogP contribution < -0.4 is 5.11 Å². The summed E-state index contributed by atoms with van der Waals surface area (Å²) in [5.41, 5.74) is 2.41. The highest BCUT2D eigenvalue weighted by atomic mass is 16.4. The van der Waals surface area contributed by atoms with Crippen molar-refractivity contribution in [3.63, 3.8) is 0 Å². The van der Waals surface area contributed by atoms with E-state index >= 15 is 0 Å². The number of fused-ring (bicyclic) bond motifs is 1. The molecule has 0 aliphatic carbocycles. The first-order chi connectivity index (χ1) is 9.15. The second-order valence-corrected chi connectivity index (χ2v) is 4.78. The molecule has 0 aliphatic heterocycles. The number of unbranched alkanes of at least 4 members (excludes halogenated alkanes) is 1. The number of carbonyl (C=O) groups is 1. The molecule has 2 heteroatoms. The van der Waals surface area contributed by atoms with Gasteiger partial charge in [-0.05, 0) is 48.6 Å². The van der Waals surface area contributed by atoms with Gasteiger partial charge in [-0.15, -0.1) is 0 Å². The van der Waals surface area contributed by atoms with E-state index in [1.54, 1.807) is 0 Å². The number of aliphatic carboxylic acids is 1. The van der Waals surface area contributed by atoms with Gasteiger partial charge >= 0.3 is 0 Å². The molecule has 0 aromatic heterocycles. The van der Waals surface area contributed by atoms with Crippen molar-refractivity contribution in [2.45, 2.75) is 26.2 Å². The van der Waals surface area contributed by atoms with E-state index in [9.17, 15) is 9.90 Å². The van der Waals surface area contributed by atoms with Crippen LogP contribution in [0, 0.1) is 6.92 Å². The molecule has 2 rings (SSSR count). The van der Waals surface area contributed by atoms with Crippen LogP contribution in [0.25, 0.3) is 16.8 Å². The SMILES string of the molecule is Cc1ccc2cc(/C=C/CCCC(=O)[O-])ccc2c1. The molecule has 0 spiro atoms. The number of rotatable bonds is 5. The molecule has 2 aromatic rings. The topological polar surface area (TPSA) is 40.1 Å². The predicted molar refractivity (Wildman–Crippen MR) is 76.6 cm³/mol. The number of hydrogen-bond acceptors (Lipinski definition) is 2. The Labute approximate surface area is 113 Å². The fourth-order valence-corrected chi connectivity index (χ4v) is 2.07. The quantitative estimate of drug-likeness (QED) is 0.768. The van der Waals surface area contributed by atoms with Gasteiger partial charge in [0.05, 0.1) is 0 Å². The molecule has 0 atom stereocenters. The average Bonchev–Trinajstić information content (AvgIpc) is 2.38. The lowest BCUT2D eigenvalue weighted by atomic mass is 10.0. The molecule has 19 heavy (non-hydrogen) atoms. The number of allylic oxidation sites excluding steroid dienone is 1. The third kappa shape index (κ3) is 3.95. The van der Waals surface area contributed by atoms with Crippen molar-refractivity contribution in [1.82, 2.24) is 0 Å². The van der Waals surface area contributed by atoms with Gasteiger partial charge in [0.25, 0.3) is 0 Å². The largest absolute Gasteiger partial charge is 0.550 e. The van der Waals surface area contributed by atoms with Gasteiger partial charge in [0.1, 0.15) is 0 Å². The Hall–Kier alpha value is -2.09. The van der Waals surface area contributed by atoms with Gasteiger partial charge in [-0.1, -0.05) is 48.0 Å². The predicted octanol–water partition coefficient (Wildman–Crippen LogP) is 3.08. The summed E-state index contributed by atoms with van der Waals surface area (Å²) >= 11 is 0. The number of carboxylic acid groups (broad SMARTS) is 1. The van der Waals surface area contributed by atoms with Crippen molar-refractivity contribution < 1.29 is 9.90 Å². The molecule has 2 nitrogen and oxygen atoms in total. The van der Waals surface area contributed by atoms with E-state index < -0.39 is 5.97 Å². The van der Waals surface area contributed by atoms with E-state index in [2.05, 4.69) is 43.3 Å². The summed E-state index contributed by atoms with van der Waals surface area (Å²) < 4.78 is 0. The number of aryl methyl sites for hydroxylation is 1. The number of benzene rings is 2. The molecule has 2 aromatic carbocycles. The summed E-state index contributed by atoms with van der Waals surface area (Å²) in [6.45, 7) is 2.09. The fourth-order valence-electron chi connectivity index (χ4n) is 2.07. The Kier molecular flexibility index (Phi) is 4.35. The number of carbonyl (C=O) groups excluding carboxylic acids is 1.